The molecule has 3 nitrogen and oxygen atoms in total. The van der Waals surface area contributed by atoms with Crippen molar-refractivity contribution in [2.24, 2.45) is 0 Å². The minimum absolute atomic E-state index is 0.0380. The van der Waals surface area contributed by atoms with Gasteiger partial charge in [-0.25, -0.2) is 8.78 Å². The van der Waals surface area contributed by atoms with Crippen LogP contribution in [0.2, 0.25) is 0 Å². The molecule has 1 fully saturated rings. The normalized spacial score (nSPS) is 24.1. The number of nitrogens with zero attached hydrogens (tertiary/aromatic N) is 1. The average molecular weight is 254 g/mol. The van der Waals surface area contributed by atoms with E-state index < -0.39 is 17.5 Å². The summed E-state index contributed by atoms with van der Waals surface area (Å²) >= 11 is 0. The molecular weight excluding hydrogens is 238 g/mol. The number of benzene rings is 1. The van der Waals surface area contributed by atoms with Gasteiger partial charge in [0, 0.05) is 25.2 Å². The molecule has 0 spiro atoms. The van der Waals surface area contributed by atoms with Gasteiger partial charge in [-0.05, 0) is 26.0 Å². The molecule has 0 aliphatic carbocycles. The number of hydrogen-bond acceptors (Lipinski definition) is 2. The first-order chi connectivity index (χ1) is 8.52. The van der Waals surface area contributed by atoms with Gasteiger partial charge in [0.25, 0.3) is 5.91 Å². The van der Waals surface area contributed by atoms with Crippen LogP contribution < -0.4 is 5.32 Å². The summed E-state index contributed by atoms with van der Waals surface area (Å²) in [5.41, 5.74) is -0.199. The molecule has 5 heteroatoms. The Hall–Kier alpha value is -1.49. The van der Waals surface area contributed by atoms with E-state index in [1.807, 2.05) is 13.8 Å². The van der Waals surface area contributed by atoms with Crippen LogP contribution in [0.15, 0.2) is 18.2 Å². The van der Waals surface area contributed by atoms with Gasteiger partial charge >= 0.3 is 0 Å². The standard InChI is InChI=1S/C13H16F2N2O/c1-8-6-16-7-9(2)17(8)13(18)10-4-3-5-11(14)12(10)15/h3-5,8-9,16H,6-7H2,1-2H3. The van der Waals surface area contributed by atoms with Crippen molar-refractivity contribution >= 4 is 5.91 Å². The summed E-state index contributed by atoms with van der Waals surface area (Å²) in [7, 11) is 0. The van der Waals surface area contributed by atoms with Crippen LogP contribution in [0.3, 0.4) is 0 Å². The number of hydrogen-bond donors (Lipinski definition) is 1. The van der Waals surface area contributed by atoms with Crippen molar-refractivity contribution in [1.29, 1.82) is 0 Å². The van der Waals surface area contributed by atoms with Gasteiger partial charge in [-0.1, -0.05) is 6.07 Å². The molecule has 2 rings (SSSR count). The molecule has 0 aromatic heterocycles. The highest BCUT2D eigenvalue weighted by molar-refractivity contribution is 5.95. The highest BCUT2D eigenvalue weighted by Gasteiger charge is 2.31. The fourth-order valence-corrected chi connectivity index (χ4v) is 2.34. The first-order valence-electron chi connectivity index (χ1n) is 5.99. The largest absolute Gasteiger partial charge is 0.331 e. The molecule has 0 saturated carbocycles. The maximum atomic E-state index is 13.6. The van der Waals surface area contributed by atoms with Gasteiger partial charge < -0.3 is 10.2 Å². The van der Waals surface area contributed by atoms with Crippen molar-refractivity contribution in [2.75, 3.05) is 13.1 Å². The number of nitrogens with one attached hydrogen (secondary N) is 1. The molecule has 1 aliphatic heterocycles. The Morgan fingerprint density at radius 3 is 2.50 bits per heavy atom. The van der Waals surface area contributed by atoms with Gasteiger partial charge in [0.2, 0.25) is 0 Å². The third kappa shape index (κ3) is 2.22. The first-order valence-corrected chi connectivity index (χ1v) is 5.99. The number of amides is 1. The van der Waals surface area contributed by atoms with Gasteiger partial charge in [0.15, 0.2) is 11.6 Å². The van der Waals surface area contributed by atoms with Crippen molar-refractivity contribution < 1.29 is 13.6 Å². The summed E-state index contributed by atoms with van der Waals surface area (Å²) in [6.07, 6.45) is 0. The SMILES string of the molecule is CC1CNCC(C)N1C(=O)c1cccc(F)c1F. The van der Waals surface area contributed by atoms with Crippen molar-refractivity contribution in [3.63, 3.8) is 0 Å². The van der Waals surface area contributed by atoms with Gasteiger partial charge in [0.05, 0.1) is 5.56 Å². The zero-order chi connectivity index (χ0) is 13.3. The van der Waals surface area contributed by atoms with Gasteiger partial charge in [-0.3, -0.25) is 4.79 Å². The fourth-order valence-electron chi connectivity index (χ4n) is 2.34. The van der Waals surface area contributed by atoms with Crippen molar-refractivity contribution in [3.05, 3.63) is 35.4 Å². The van der Waals surface area contributed by atoms with Gasteiger partial charge in [-0.2, -0.15) is 0 Å². The Kier molecular flexibility index (Phi) is 3.61. The van der Waals surface area contributed by atoms with E-state index in [0.717, 1.165) is 6.07 Å². The van der Waals surface area contributed by atoms with E-state index in [4.69, 9.17) is 0 Å². The first kappa shape index (κ1) is 13.0. The van der Waals surface area contributed by atoms with Crippen LogP contribution in [0.4, 0.5) is 8.78 Å². The number of piperazine rings is 1. The predicted molar refractivity (Wildman–Crippen MR) is 64.3 cm³/mol. The van der Waals surface area contributed by atoms with Crippen LogP contribution >= 0.6 is 0 Å². The molecule has 1 amide bonds. The van der Waals surface area contributed by atoms with Crippen LogP contribution in [0.5, 0.6) is 0 Å². The number of rotatable bonds is 1. The third-order valence-corrected chi connectivity index (χ3v) is 3.25. The van der Waals surface area contributed by atoms with Crippen LogP contribution in [-0.2, 0) is 0 Å². The molecule has 1 saturated heterocycles. The summed E-state index contributed by atoms with van der Waals surface area (Å²) < 4.78 is 26.8. The summed E-state index contributed by atoms with van der Waals surface area (Å²) in [5, 5.41) is 3.18. The molecule has 1 aromatic carbocycles. The maximum absolute atomic E-state index is 13.6. The Morgan fingerprint density at radius 1 is 1.28 bits per heavy atom. The molecule has 2 unspecified atom stereocenters. The minimum atomic E-state index is -1.07. The highest BCUT2D eigenvalue weighted by atomic mass is 19.2. The monoisotopic (exact) mass is 254 g/mol. The molecule has 1 aromatic rings. The summed E-state index contributed by atoms with van der Waals surface area (Å²) in [5.74, 6) is -2.51. The second-order valence-electron chi connectivity index (χ2n) is 4.67. The van der Waals surface area contributed by atoms with Crippen molar-refractivity contribution in [1.82, 2.24) is 10.2 Å². The van der Waals surface area contributed by atoms with Crippen LogP contribution in [0.1, 0.15) is 24.2 Å². The number of halogens is 2. The molecule has 0 bridgehead atoms. The predicted octanol–water partition coefficient (Wildman–Crippen LogP) is 1.79. The topological polar surface area (TPSA) is 32.3 Å². The lowest BCUT2D eigenvalue weighted by atomic mass is 10.1. The van der Waals surface area contributed by atoms with E-state index in [-0.39, 0.29) is 17.6 Å². The molecule has 1 heterocycles. The lowest BCUT2D eigenvalue weighted by Crippen LogP contribution is -2.57. The molecule has 1 aliphatic rings. The lowest BCUT2D eigenvalue weighted by Gasteiger charge is -2.39. The zero-order valence-electron chi connectivity index (χ0n) is 10.4. The van der Waals surface area contributed by atoms with E-state index >= 15 is 0 Å². The molecule has 18 heavy (non-hydrogen) atoms. The lowest BCUT2D eigenvalue weighted by molar-refractivity contribution is 0.0538. The second-order valence-corrected chi connectivity index (χ2v) is 4.67. The number of carbonyl (C=O) groups is 1. The van der Waals surface area contributed by atoms with Gasteiger partial charge in [-0.15, -0.1) is 0 Å². The molecular formula is C13H16F2N2O. The van der Waals surface area contributed by atoms with Crippen molar-refractivity contribution in [2.45, 2.75) is 25.9 Å². The van der Waals surface area contributed by atoms with Crippen molar-refractivity contribution in [3.8, 4) is 0 Å². The summed E-state index contributed by atoms with van der Waals surface area (Å²) in [6.45, 7) is 5.09. The Labute approximate surface area is 105 Å². The van der Waals surface area contributed by atoms with E-state index in [1.54, 1.807) is 4.90 Å². The molecule has 2 atom stereocenters. The molecule has 1 N–H and O–H groups in total. The van der Waals surface area contributed by atoms with E-state index in [1.165, 1.54) is 12.1 Å². The average Bonchev–Trinajstić information content (AvgIpc) is 2.32. The maximum Gasteiger partial charge on any atom is 0.257 e. The number of carbonyl (C=O) groups excluding carboxylic acids is 1. The zero-order valence-corrected chi connectivity index (χ0v) is 10.4. The molecule has 0 radical (unpaired) electrons. The van der Waals surface area contributed by atoms with Crippen LogP contribution in [0, 0.1) is 11.6 Å². The minimum Gasteiger partial charge on any atom is -0.331 e. The molecule has 98 valence electrons. The Bertz CT molecular complexity index is 454. The van der Waals surface area contributed by atoms with Crippen LogP contribution in [-0.4, -0.2) is 36.0 Å². The Balaban J connectivity index is 2.32. The quantitative estimate of drug-likeness (QED) is 0.828. The Morgan fingerprint density at radius 2 is 1.89 bits per heavy atom. The van der Waals surface area contributed by atoms with Gasteiger partial charge in [0.1, 0.15) is 0 Å². The summed E-state index contributed by atoms with van der Waals surface area (Å²) in [4.78, 5) is 13.9. The van der Waals surface area contributed by atoms with Crippen LogP contribution in [0.25, 0.3) is 0 Å². The summed E-state index contributed by atoms with van der Waals surface area (Å²) in [6, 6.07) is 3.61. The van der Waals surface area contributed by atoms with E-state index in [9.17, 15) is 13.6 Å². The van der Waals surface area contributed by atoms with E-state index in [2.05, 4.69) is 5.32 Å². The highest BCUT2D eigenvalue weighted by Crippen LogP contribution is 2.18. The van der Waals surface area contributed by atoms with E-state index in [0.29, 0.717) is 13.1 Å². The second kappa shape index (κ2) is 5.02. The smallest absolute Gasteiger partial charge is 0.257 e. The third-order valence-electron chi connectivity index (χ3n) is 3.25. The fraction of sp³-hybridized carbons (Fsp3) is 0.462.